The quantitative estimate of drug-likeness (QED) is 0.856. The molecule has 2 rings (SSSR count). The molecular formula is C14H10BrClN2O. The summed E-state index contributed by atoms with van der Waals surface area (Å²) in [6.07, 6.45) is 0. The Balaban J connectivity index is 2.12. The highest BCUT2D eigenvalue weighted by Crippen LogP contribution is 2.25. The summed E-state index contributed by atoms with van der Waals surface area (Å²) in [5, 5.41) is 9.28. The maximum atomic E-state index is 8.76. The normalized spacial score (nSPS) is 9.95. The van der Waals surface area contributed by atoms with Crippen LogP contribution in [0.25, 0.3) is 0 Å². The van der Waals surface area contributed by atoms with Crippen LogP contribution in [0.5, 0.6) is 5.75 Å². The van der Waals surface area contributed by atoms with Crippen LogP contribution in [0.4, 0.5) is 5.69 Å². The standard InChI is InChI=1S/C14H10BrClN2O/c15-11-4-12(18)6-13(5-11)19-8-10-2-1-9(7-17)3-14(10)16/h1-6H,8,18H2. The van der Waals surface area contributed by atoms with E-state index in [0.717, 1.165) is 10.0 Å². The molecule has 0 bridgehead atoms. The molecule has 0 aliphatic heterocycles. The lowest BCUT2D eigenvalue weighted by Crippen LogP contribution is -1.97. The van der Waals surface area contributed by atoms with E-state index in [0.29, 0.717) is 28.6 Å². The highest BCUT2D eigenvalue weighted by molar-refractivity contribution is 9.10. The molecule has 0 aromatic heterocycles. The summed E-state index contributed by atoms with van der Waals surface area (Å²) in [6, 6.07) is 12.5. The third-order valence-corrected chi connectivity index (χ3v) is 3.28. The van der Waals surface area contributed by atoms with Crippen LogP contribution in [0.3, 0.4) is 0 Å². The highest BCUT2D eigenvalue weighted by Gasteiger charge is 2.04. The zero-order valence-electron chi connectivity index (χ0n) is 9.86. The summed E-state index contributed by atoms with van der Waals surface area (Å²) >= 11 is 9.42. The molecule has 19 heavy (non-hydrogen) atoms. The van der Waals surface area contributed by atoms with Crippen LogP contribution in [-0.4, -0.2) is 0 Å². The van der Waals surface area contributed by atoms with Crippen molar-refractivity contribution in [1.82, 2.24) is 0 Å². The molecule has 2 aromatic rings. The van der Waals surface area contributed by atoms with E-state index in [4.69, 9.17) is 27.3 Å². The van der Waals surface area contributed by atoms with Crippen LogP contribution in [0.15, 0.2) is 40.9 Å². The number of nitrogens with zero attached hydrogens (tertiary/aromatic N) is 1. The van der Waals surface area contributed by atoms with Gasteiger partial charge in [0.1, 0.15) is 12.4 Å². The minimum Gasteiger partial charge on any atom is -0.489 e. The first-order chi connectivity index (χ1) is 9.08. The van der Waals surface area contributed by atoms with Gasteiger partial charge < -0.3 is 10.5 Å². The van der Waals surface area contributed by atoms with Gasteiger partial charge in [0, 0.05) is 26.8 Å². The summed E-state index contributed by atoms with van der Waals surface area (Å²) in [5.41, 5.74) is 7.69. The molecule has 0 heterocycles. The first-order valence-electron chi connectivity index (χ1n) is 5.46. The molecule has 0 radical (unpaired) electrons. The number of hydrogen-bond donors (Lipinski definition) is 1. The Kier molecular flexibility index (Phi) is 4.31. The largest absolute Gasteiger partial charge is 0.489 e. The van der Waals surface area contributed by atoms with Crippen molar-refractivity contribution in [3.05, 3.63) is 57.0 Å². The molecule has 0 spiro atoms. The van der Waals surface area contributed by atoms with Gasteiger partial charge in [-0.2, -0.15) is 5.26 Å². The summed E-state index contributed by atoms with van der Waals surface area (Å²) in [6.45, 7) is 0.320. The van der Waals surface area contributed by atoms with Gasteiger partial charge in [-0.15, -0.1) is 0 Å². The minimum atomic E-state index is 0.320. The van der Waals surface area contributed by atoms with E-state index in [1.165, 1.54) is 0 Å². The molecule has 0 amide bonds. The number of rotatable bonds is 3. The molecular weight excluding hydrogens is 328 g/mol. The van der Waals surface area contributed by atoms with Crippen molar-refractivity contribution in [2.24, 2.45) is 0 Å². The van der Waals surface area contributed by atoms with Gasteiger partial charge >= 0.3 is 0 Å². The van der Waals surface area contributed by atoms with Gasteiger partial charge in [0.25, 0.3) is 0 Å². The zero-order valence-corrected chi connectivity index (χ0v) is 12.2. The van der Waals surface area contributed by atoms with Crippen LogP contribution in [0.2, 0.25) is 5.02 Å². The van der Waals surface area contributed by atoms with Gasteiger partial charge in [0.2, 0.25) is 0 Å². The van der Waals surface area contributed by atoms with Crippen molar-refractivity contribution in [2.45, 2.75) is 6.61 Å². The van der Waals surface area contributed by atoms with Gasteiger partial charge in [0.05, 0.1) is 11.6 Å². The lowest BCUT2D eigenvalue weighted by atomic mass is 10.1. The van der Waals surface area contributed by atoms with Gasteiger partial charge in [0.15, 0.2) is 0 Å². The number of benzene rings is 2. The summed E-state index contributed by atoms with van der Waals surface area (Å²) in [5.74, 6) is 0.660. The van der Waals surface area contributed by atoms with Crippen LogP contribution < -0.4 is 10.5 Å². The topological polar surface area (TPSA) is 59.0 Å². The van der Waals surface area contributed by atoms with E-state index >= 15 is 0 Å². The number of ether oxygens (including phenoxy) is 1. The molecule has 0 saturated heterocycles. The van der Waals surface area contributed by atoms with Crippen molar-refractivity contribution in [3.8, 4) is 11.8 Å². The molecule has 2 aromatic carbocycles. The molecule has 0 unspecified atom stereocenters. The van der Waals surface area contributed by atoms with Crippen molar-refractivity contribution < 1.29 is 4.74 Å². The third-order valence-electron chi connectivity index (χ3n) is 2.47. The maximum absolute atomic E-state index is 8.76. The second-order valence-electron chi connectivity index (χ2n) is 3.93. The Labute approximate surface area is 124 Å². The Morgan fingerprint density at radius 1 is 1.26 bits per heavy atom. The summed E-state index contributed by atoms with van der Waals surface area (Å²) in [4.78, 5) is 0. The van der Waals surface area contributed by atoms with Crippen molar-refractivity contribution in [3.63, 3.8) is 0 Å². The summed E-state index contributed by atoms with van der Waals surface area (Å²) < 4.78 is 6.49. The average molecular weight is 338 g/mol. The van der Waals surface area contributed by atoms with E-state index < -0.39 is 0 Å². The molecule has 0 saturated carbocycles. The molecule has 5 heteroatoms. The molecule has 0 aliphatic carbocycles. The number of halogens is 2. The van der Waals surface area contributed by atoms with E-state index in [1.54, 1.807) is 30.3 Å². The second-order valence-corrected chi connectivity index (χ2v) is 5.25. The minimum absolute atomic E-state index is 0.320. The Morgan fingerprint density at radius 2 is 2.05 bits per heavy atom. The fourth-order valence-electron chi connectivity index (χ4n) is 1.56. The van der Waals surface area contributed by atoms with Crippen LogP contribution >= 0.6 is 27.5 Å². The van der Waals surface area contributed by atoms with Crippen molar-refractivity contribution >= 4 is 33.2 Å². The van der Waals surface area contributed by atoms with E-state index in [1.807, 2.05) is 12.1 Å². The first-order valence-corrected chi connectivity index (χ1v) is 6.63. The molecule has 3 nitrogen and oxygen atoms in total. The fourth-order valence-corrected chi connectivity index (χ4v) is 2.29. The molecule has 0 fully saturated rings. The van der Waals surface area contributed by atoms with Crippen LogP contribution in [0, 0.1) is 11.3 Å². The molecule has 96 valence electrons. The van der Waals surface area contributed by atoms with Gasteiger partial charge in [-0.05, 0) is 24.3 Å². The van der Waals surface area contributed by atoms with Crippen LogP contribution in [-0.2, 0) is 6.61 Å². The second kappa shape index (κ2) is 5.96. The Bertz CT molecular complexity index is 632. The van der Waals surface area contributed by atoms with Crippen molar-refractivity contribution in [1.29, 1.82) is 5.26 Å². The maximum Gasteiger partial charge on any atom is 0.122 e. The third kappa shape index (κ3) is 3.63. The fraction of sp³-hybridized carbons (Fsp3) is 0.0714. The van der Waals surface area contributed by atoms with Crippen LogP contribution in [0.1, 0.15) is 11.1 Å². The van der Waals surface area contributed by atoms with Gasteiger partial charge in [-0.1, -0.05) is 33.6 Å². The molecule has 0 aliphatic rings. The summed E-state index contributed by atoms with van der Waals surface area (Å²) in [7, 11) is 0. The predicted octanol–water partition coefficient (Wildman–Crippen LogP) is 4.14. The SMILES string of the molecule is N#Cc1ccc(COc2cc(N)cc(Br)c2)c(Cl)c1. The number of nitriles is 1. The monoisotopic (exact) mass is 336 g/mol. The average Bonchev–Trinajstić information content (AvgIpc) is 2.36. The lowest BCUT2D eigenvalue weighted by Gasteiger charge is -2.09. The highest BCUT2D eigenvalue weighted by atomic mass is 79.9. The lowest BCUT2D eigenvalue weighted by molar-refractivity contribution is 0.306. The predicted molar refractivity (Wildman–Crippen MR) is 79.1 cm³/mol. The first kappa shape index (κ1) is 13.7. The zero-order chi connectivity index (χ0) is 13.8. The molecule has 0 atom stereocenters. The van der Waals surface area contributed by atoms with E-state index in [9.17, 15) is 0 Å². The number of nitrogens with two attached hydrogens (primary N) is 1. The van der Waals surface area contributed by atoms with Gasteiger partial charge in [-0.3, -0.25) is 0 Å². The number of anilines is 1. The van der Waals surface area contributed by atoms with E-state index in [-0.39, 0.29) is 0 Å². The Hall–Kier alpha value is -1.70. The number of nitrogen functional groups attached to an aromatic ring is 1. The van der Waals surface area contributed by atoms with Gasteiger partial charge in [-0.25, -0.2) is 0 Å². The number of hydrogen-bond acceptors (Lipinski definition) is 3. The Morgan fingerprint density at radius 3 is 2.68 bits per heavy atom. The van der Waals surface area contributed by atoms with Crippen molar-refractivity contribution in [2.75, 3.05) is 5.73 Å². The smallest absolute Gasteiger partial charge is 0.122 e. The molecule has 2 N–H and O–H groups in total. The van der Waals surface area contributed by atoms with E-state index in [2.05, 4.69) is 15.9 Å².